The number of anilines is 1. The topological polar surface area (TPSA) is 31.4 Å². The second-order valence-corrected chi connectivity index (χ2v) is 5.63. The molecule has 1 N–H and O–H groups in total. The number of nitrogens with zero attached hydrogens (tertiary/aromatic N) is 3. The van der Waals surface area contributed by atoms with Crippen molar-refractivity contribution < 1.29 is 0 Å². The van der Waals surface area contributed by atoms with E-state index in [1.807, 2.05) is 0 Å². The predicted molar refractivity (Wildman–Crippen MR) is 80.9 cm³/mol. The number of halogens is 1. The van der Waals surface area contributed by atoms with Crippen molar-refractivity contribution in [3.63, 3.8) is 0 Å². The molecule has 0 aliphatic carbocycles. The molecule has 4 nitrogen and oxygen atoms in total. The average Bonchev–Trinajstić information content (AvgIpc) is 2.38. The Morgan fingerprint density at radius 2 is 2.26 bits per heavy atom. The molecule has 1 aliphatic rings. The molecular weight excluding hydrogens is 260 g/mol. The Morgan fingerprint density at radius 3 is 2.95 bits per heavy atom. The molecule has 1 aromatic rings. The van der Waals surface area contributed by atoms with E-state index in [9.17, 15) is 0 Å². The largest absolute Gasteiger partial charge is 0.351 e. The van der Waals surface area contributed by atoms with Crippen molar-refractivity contribution in [3.8, 4) is 0 Å². The van der Waals surface area contributed by atoms with E-state index in [4.69, 9.17) is 11.6 Å². The normalized spacial score (nSPS) is 20.8. The lowest BCUT2D eigenvalue weighted by atomic mass is 10.1. The van der Waals surface area contributed by atoms with Crippen LogP contribution in [0.1, 0.15) is 19.4 Å². The molecule has 0 spiro atoms. The lowest BCUT2D eigenvalue weighted by molar-refractivity contribution is 0.274. The van der Waals surface area contributed by atoms with Crippen molar-refractivity contribution in [2.24, 2.45) is 0 Å². The lowest BCUT2D eigenvalue weighted by Crippen LogP contribution is -2.50. The number of nitrogens with one attached hydrogen (secondary N) is 1. The zero-order valence-corrected chi connectivity index (χ0v) is 12.7. The molecule has 0 amide bonds. The number of pyridine rings is 1. The first kappa shape index (κ1) is 14.6. The number of hydrogen-bond donors (Lipinski definition) is 1. The summed E-state index contributed by atoms with van der Waals surface area (Å²) in [6.07, 6.45) is 1.77. The standard InChI is InChI=1S/C14H23ClN4/c1-4-16-8-12-7-14(17-9-13(12)15)19-6-5-18(3)10-11(19)2/h7,9,11,16H,4-6,8,10H2,1-3H3. The second-order valence-electron chi connectivity index (χ2n) is 5.22. The molecule has 0 saturated carbocycles. The highest BCUT2D eigenvalue weighted by atomic mass is 35.5. The summed E-state index contributed by atoms with van der Waals surface area (Å²) in [6, 6.07) is 2.60. The van der Waals surface area contributed by atoms with Gasteiger partial charge < -0.3 is 15.1 Å². The second kappa shape index (κ2) is 6.55. The molecule has 1 fully saturated rings. The molecule has 1 saturated heterocycles. The van der Waals surface area contributed by atoms with Gasteiger partial charge in [-0.15, -0.1) is 0 Å². The van der Waals surface area contributed by atoms with Gasteiger partial charge in [0.05, 0.1) is 5.02 Å². The van der Waals surface area contributed by atoms with Gasteiger partial charge in [-0.2, -0.15) is 0 Å². The fourth-order valence-corrected chi connectivity index (χ4v) is 2.67. The van der Waals surface area contributed by atoms with Crippen molar-refractivity contribution in [1.82, 2.24) is 15.2 Å². The Hall–Kier alpha value is -0.840. The smallest absolute Gasteiger partial charge is 0.129 e. The summed E-state index contributed by atoms with van der Waals surface area (Å²) in [5.41, 5.74) is 1.12. The van der Waals surface area contributed by atoms with Gasteiger partial charge in [-0.3, -0.25) is 0 Å². The van der Waals surface area contributed by atoms with Gasteiger partial charge in [0, 0.05) is 38.4 Å². The quantitative estimate of drug-likeness (QED) is 0.915. The molecule has 5 heteroatoms. The molecule has 1 aromatic heterocycles. The van der Waals surface area contributed by atoms with Crippen LogP contribution in [0.4, 0.5) is 5.82 Å². The van der Waals surface area contributed by atoms with Gasteiger partial charge >= 0.3 is 0 Å². The summed E-state index contributed by atoms with van der Waals surface area (Å²) in [7, 11) is 2.17. The highest BCUT2D eigenvalue weighted by Gasteiger charge is 2.22. The third kappa shape index (κ3) is 3.59. The first-order valence-corrected chi connectivity index (χ1v) is 7.30. The molecule has 0 aromatic carbocycles. The van der Waals surface area contributed by atoms with Crippen LogP contribution in [0.15, 0.2) is 12.3 Å². The van der Waals surface area contributed by atoms with Crippen molar-refractivity contribution >= 4 is 17.4 Å². The van der Waals surface area contributed by atoms with Gasteiger partial charge in [0.2, 0.25) is 0 Å². The summed E-state index contributed by atoms with van der Waals surface area (Å²) in [5, 5.41) is 4.06. The van der Waals surface area contributed by atoms with E-state index >= 15 is 0 Å². The van der Waals surface area contributed by atoms with Crippen LogP contribution in [0.3, 0.4) is 0 Å². The molecule has 1 aliphatic heterocycles. The summed E-state index contributed by atoms with van der Waals surface area (Å²) < 4.78 is 0. The predicted octanol–water partition coefficient (Wildman–Crippen LogP) is 1.98. The molecule has 0 bridgehead atoms. The van der Waals surface area contributed by atoms with Crippen molar-refractivity contribution in [2.45, 2.75) is 26.4 Å². The van der Waals surface area contributed by atoms with Gasteiger partial charge in [0.1, 0.15) is 5.82 Å². The molecule has 2 heterocycles. The molecule has 1 atom stereocenters. The number of likely N-dealkylation sites (N-methyl/N-ethyl adjacent to an activating group) is 1. The summed E-state index contributed by atoms with van der Waals surface area (Å²) in [5.74, 6) is 1.04. The van der Waals surface area contributed by atoms with Gasteiger partial charge in [-0.05, 0) is 32.1 Å². The van der Waals surface area contributed by atoms with Crippen LogP contribution in [0.5, 0.6) is 0 Å². The van der Waals surface area contributed by atoms with Crippen LogP contribution in [0.2, 0.25) is 5.02 Å². The monoisotopic (exact) mass is 282 g/mol. The Balaban J connectivity index is 2.15. The van der Waals surface area contributed by atoms with Gasteiger partial charge in [0.15, 0.2) is 0 Å². The third-order valence-corrected chi connectivity index (χ3v) is 3.95. The maximum atomic E-state index is 6.20. The van der Waals surface area contributed by atoms with Gasteiger partial charge in [0.25, 0.3) is 0 Å². The van der Waals surface area contributed by atoms with Crippen LogP contribution < -0.4 is 10.2 Å². The minimum Gasteiger partial charge on any atom is -0.351 e. The number of aromatic nitrogens is 1. The van der Waals surface area contributed by atoms with Crippen LogP contribution in [0, 0.1) is 0 Å². The van der Waals surface area contributed by atoms with Crippen molar-refractivity contribution in [3.05, 3.63) is 22.8 Å². The Kier molecular flexibility index (Phi) is 5.02. The maximum Gasteiger partial charge on any atom is 0.129 e. The lowest BCUT2D eigenvalue weighted by Gasteiger charge is -2.39. The maximum absolute atomic E-state index is 6.20. The van der Waals surface area contributed by atoms with Gasteiger partial charge in [-0.1, -0.05) is 18.5 Å². The van der Waals surface area contributed by atoms with Crippen LogP contribution in [-0.4, -0.2) is 49.2 Å². The first-order valence-electron chi connectivity index (χ1n) is 6.92. The Bertz CT molecular complexity index is 424. The summed E-state index contributed by atoms with van der Waals surface area (Å²) in [6.45, 7) is 9.26. The van der Waals surface area contributed by atoms with Gasteiger partial charge in [-0.25, -0.2) is 4.98 Å². The average molecular weight is 283 g/mol. The molecule has 2 rings (SSSR count). The van der Waals surface area contributed by atoms with E-state index in [1.54, 1.807) is 6.20 Å². The third-order valence-electron chi connectivity index (χ3n) is 3.61. The van der Waals surface area contributed by atoms with Crippen molar-refractivity contribution in [1.29, 1.82) is 0 Å². The Labute approximate surface area is 120 Å². The van der Waals surface area contributed by atoms with E-state index < -0.39 is 0 Å². The molecule has 19 heavy (non-hydrogen) atoms. The fourth-order valence-electron chi connectivity index (χ4n) is 2.50. The highest BCUT2D eigenvalue weighted by Crippen LogP contribution is 2.23. The molecule has 106 valence electrons. The highest BCUT2D eigenvalue weighted by molar-refractivity contribution is 6.31. The van der Waals surface area contributed by atoms with E-state index in [0.717, 1.165) is 49.1 Å². The SMILES string of the molecule is CCNCc1cc(N2CCN(C)CC2C)ncc1Cl. The van der Waals surface area contributed by atoms with Crippen molar-refractivity contribution in [2.75, 3.05) is 38.1 Å². The molecule has 1 unspecified atom stereocenters. The number of rotatable bonds is 4. The van der Waals surface area contributed by atoms with Crippen LogP contribution in [0.25, 0.3) is 0 Å². The number of hydrogen-bond acceptors (Lipinski definition) is 4. The number of piperazine rings is 1. The van der Waals surface area contributed by atoms with Crippen LogP contribution >= 0.6 is 11.6 Å². The molecule has 0 radical (unpaired) electrons. The molecular formula is C14H23ClN4. The summed E-state index contributed by atoms with van der Waals surface area (Å²) >= 11 is 6.20. The van der Waals surface area contributed by atoms with E-state index in [1.165, 1.54) is 0 Å². The van der Waals surface area contributed by atoms with Crippen LogP contribution in [-0.2, 0) is 6.54 Å². The summed E-state index contributed by atoms with van der Waals surface area (Å²) in [4.78, 5) is 9.22. The first-order chi connectivity index (χ1) is 9.11. The van der Waals surface area contributed by atoms with E-state index in [-0.39, 0.29) is 0 Å². The zero-order valence-electron chi connectivity index (χ0n) is 12.0. The Morgan fingerprint density at radius 1 is 1.47 bits per heavy atom. The van der Waals surface area contributed by atoms with E-state index in [2.05, 4.69) is 47.1 Å². The minimum atomic E-state index is 0.486. The minimum absolute atomic E-state index is 0.486. The zero-order chi connectivity index (χ0) is 13.8. The van der Waals surface area contributed by atoms with E-state index in [0.29, 0.717) is 6.04 Å². The fraction of sp³-hybridized carbons (Fsp3) is 0.643.